The van der Waals surface area contributed by atoms with Crippen molar-refractivity contribution in [3.8, 4) is 22.6 Å². The van der Waals surface area contributed by atoms with E-state index in [9.17, 15) is 13.2 Å². The number of carbonyl (C=O) groups is 1. The Labute approximate surface area is 632 Å². The molecule has 0 saturated carbocycles. The molecule has 0 amide bonds. The van der Waals surface area contributed by atoms with Gasteiger partial charge in [-0.2, -0.15) is 0 Å². The summed E-state index contributed by atoms with van der Waals surface area (Å²) in [6.45, 7) is 52.2. The first kappa shape index (κ1) is 104. The fourth-order valence-corrected chi connectivity index (χ4v) is 9.15. The summed E-state index contributed by atoms with van der Waals surface area (Å²) in [5.41, 5.74) is 9.40. The zero-order valence-electron chi connectivity index (χ0n) is 68.6. The Hall–Kier alpha value is -9.68. The Morgan fingerprint density at radius 1 is 0.243 bits per heavy atom. The molecule has 0 aliphatic carbocycles. The summed E-state index contributed by atoms with van der Waals surface area (Å²) >= 11 is 0. The van der Waals surface area contributed by atoms with Crippen LogP contribution in [0, 0.1) is 13.8 Å². The number of ketones is 1. The van der Waals surface area contributed by atoms with E-state index >= 15 is 0 Å². The van der Waals surface area contributed by atoms with E-state index in [1.807, 2.05) is 287 Å². The highest BCUT2D eigenvalue weighted by Crippen LogP contribution is 2.22. The molecule has 4 nitrogen and oxygen atoms in total. The zero-order valence-corrected chi connectivity index (χ0v) is 69.4. The van der Waals surface area contributed by atoms with Gasteiger partial charge in [-0.1, -0.05) is 468 Å². The van der Waals surface area contributed by atoms with Crippen molar-refractivity contribution in [2.45, 2.75) is 196 Å². The Morgan fingerprint density at radius 3 is 0.670 bits per heavy atom. The number of carbonyl (C=O) groups excluding carboxylic acids is 1. The van der Waals surface area contributed by atoms with E-state index in [1.165, 1.54) is 44.2 Å². The van der Waals surface area contributed by atoms with Crippen molar-refractivity contribution >= 4 is 26.4 Å². The highest BCUT2D eigenvalue weighted by molar-refractivity contribution is 7.91. The molecule has 0 atom stereocenters. The predicted octanol–water partition coefficient (Wildman–Crippen LogP) is 31.3. The molecule has 0 unspecified atom stereocenters. The lowest BCUT2D eigenvalue weighted by Crippen LogP contribution is -2.00. The van der Waals surface area contributed by atoms with Crippen LogP contribution >= 0.6 is 0 Å². The number of ether oxygens (including phenoxy) is 1. The number of hydrogen-bond acceptors (Lipinski definition) is 4. The van der Waals surface area contributed by atoms with Gasteiger partial charge in [0.2, 0.25) is 9.84 Å². The maximum absolute atomic E-state index is 12.0. The summed E-state index contributed by atoms with van der Waals surface area (Å²) in [5, 5.41) is 2.62. The molecule has 0 bridgehead atoms. The van der Waals surface area contributed by atoms with E-state index in [0.29, 0.717) is 9.79 Å². The average Bonchev–Trinajstić information content (AvgIpc) is 0.818. The van der Waals surface area contributed by atoms with E-state index in [1.54, 1.807) is 60.7 Å². The molecule has 5 heteroatoms. The van der Waals surface area contributed by atoms with Gasteiger partial charge >= 0.3 is 0 Å². The number of para-hydroxylation sites is 2. The molecule has 0 radical (unpaired) electrons. The molecule has 0 aliphatic heterocycles. The minimum atomic E-state index is -3.34. The summed E-state index contributed by atoms with van der Waals surface area (Å²) < 4.78 is 29.6. The zero-order chi connectivity index (χ0) is 79.2. The topological polar surface area (TPSA) is 60.4 Å². The molecule has 0 aliphatic rings. The lowest BCUT2D eigenvalue weighted by molar-refractivity contribution is 0.103. The fraction of sp³-hybridized carbons (Fsp3) is 0.276. The van der Waals surface area contributed by atoms with Gasteiger partial charge in [0.1, 0.15) is 11.5 Å². The number of benzene rings is 12. The predicted molar refractivity (Wildman–Crippen MR) is 465 cm³/mol. The molecular formula is C98H136O4S. The van der Waals surface area contributed by atoms with Crippen molar-refractivity contribution in [1.29, 1.82) is 0 Å². The van der Waals surface area contributed by atoms with Crippen molar-refractivity contribution in [3.63, 3.8) is 0 Å². The standard InChI is InChI=1S/C14H14.C13H10O.C13H12.C12H10O2S.C12H10O.C10H8.12C2H6/c1-11-3-7-13(8-4-11)14-9-5-12(2)6-10-14;14-13(11-7-3-1-4-8-11)12-9-5-2-6-10-12;1-3-7-12(8-4-1)11-13-9-5-2-6-10-13;13-15(14,11-7-3-1-4-8-11)12-9-5-2-6-10-12;1-3-7-11(8-4-1)13-12-9-5-2-6-10-12;1-2-6-10-8-4-3-7-9(10)5-1;12*1-2/h3-10H,1-2H3;1-10H;1-10H,11H2;1-10H;1-10H;1-8H;12*1-2H3. The van der Waals surface area contributed by atoms with Crippen molar-refractivity contribution in [1.82, 2.24) is 0 Å². The Kier molecular flexibility index (Phi) is 79.0. The quantitative estimate of drug-likeness (QED) is 0.135. The fourth-order valence-electron chi connectivity index (χ4n) is 7.85. The first-order chi connectivity index (χ1) is 50.7. The summed E-state index contributed by atoms with van der Waals surface area (Å²) in [4.78, 5) is 12.5. The van der Waals surface area contributed by atoms with Crippen LogP contribution in [0.1, 0.15) is 204 Å². The summed E-state index contributed by atoms with van der Waals surface area (Å²) in [7, 11) is -3.34. The largest absolute Gasteiger partial charge is 0.457 e. The van der Waals surface area contributed by atoms with E-state index < -0.39 is 9.84 Å². The molecule has 558 valence electrons. The third-order valence-corrected chi connectivity index (χ3v) is 13.9. The van der Waals surface area contributed by atoms with Gasteiger partial charge in [-0.05, 0) is 102 Å². The Balaban J connectivity index is -0.000000259. The second-order valence-electron chi connectivity index (χ2n) is 18.1. The van der Waals surface area contributed by atoms with Gasteiger partial charge in [0.25, 0.3) is 0 Å². The molecule has 0 N–H and O–H groups in total. The van der Waals surface area contributed by atoms with Crippen molar-refractivity contribution < 1.29 is 17.9 Å². The molecule has 12 rings (SSSR count). The van der Waals surface area contributed by atoms with Crippen molar-refractivity contribution in [2.75, 3.05) is 0 Å². The van der Waals surface area contributed by atoms with Crippen LogP contribution < -0.4 is 4.74 Å². The third kappa shape index (κ3) is 48.7. The minimum absolute atomic E-state index is 0.0752. The van der Waals surface area contributed by atoms with Crippen LogP contribution in [0.15, 0.2) is 350 Å². The minimum Gasteiger partial charge on any atom is -0.457 e. The highest BCUT2D eigenvalue weighted by Gasteiger charge is 2.16. The van der Waals surface area contributed by atoms with E-state index in [-0.39, 0.29) is 5.78 Å². The normalized spacial score (nSPS) is 8.45. The molecule has 0 heterocycles. The van der Waals surface area contributed by atoms with E-state index in [0.717, 1.165) is 29.0 Å². The van der Waals surface area contributed by atoms with Gasteiger partial charge in [0, 0.05) is 11.1 Å². The molecule has 0 aromatic heterocycles. The number of fused-ring (bicyclic) bond motifs is 1. The maximum Gasteiger partial charge on any atom is 0.206 e. The molecule has 0 saturated heterocycles. The van der Waals surface area contributed by atoms with Gasteiger partial charge in [0.15, 0.2) is 5.78 Å². The smallest absolute Gasteiger partial charge is 0.206 e. The molecule has 103 heavy (non-hydrogen) atoms. The maximum atomic E-state index is 12.0. The Morgan fingerprint density at radius 2 is 0.437 bits per heavy atom. The number of hydrogen-bond donors (Lipinski definition) is 0. The number of rotatable bonds is 9. The second-order valence-corrected chi connectivity index (χ2v) is 20.1. The molecule has 12 aromatic carbocycles. The van der Waals surface area contributed by atoms with Crippen LogP contribution in [-0.2, 0) is 16.3 Å². The van der Waals surface area contributed by atoms with E-state index in [2.05, 4.69) is 172 Å². The van der Waals surface area contributed by atoms with Crippen molar-refractivity contribution in [3.05, 3.63) is 373 Å². The third-order valence-electron chi connectivity index (χ3n) is 12.1. The second kappa shape index (κ2) is 78.0. The van der Waals surface area contributed by atoms with Gasteiger partial charge in [-0.3, -0.25) is 4.79 Å². The SMILES string of the molecule is CC.CC.CC.CC.CC.CC.CC.CC.CC.CC.CC.CC.Cc1ccc(-c2ccc(C)cc2)cc1.O=C(c1ccccc1)c1ccccc1.O=S(=O)(c1ccccc1)c1ccccc1.c1ccc(Cc2ccccc2)cc1.c1ccc(Oc2ccccc2)cc1.c1ccc2ccccc2c1. The number of aryl methyl sites for hydroxylation is 2. The Bertz CT molecular complexity index is 3350. The van der Waals surface area contributed by atoms with Crippen molar-refractivity contribution in [2.24, 2.45) is 0 Å². The van der Waals surface area contributed by atoms with E-state index in [4.69, 9.17) is 4.74 Å². The number of sulfone groups is 1. The van der Waals surface area contributed by atoms with Crippen LogP contribution in [0.3, 0.4) is 0 Å². The monoisotopic (exact) mass is 1410 g/mol. The van der Waals surface area contributed by atoms with Crippen LogP contribution in [0.25, 0.3) is 21.9 Å². The summed E-state index contributed by atoms with van der Waals surface area (Å²) in [6.07, 6.45) is 1.03. The summed E-state index contributed by atoms with van der Waals surface area (Å²) in [6, 6.07) is 110. The molecule has 0 fully saturated rings. The molecule has 0 spiro atoms. The van der Waals surface area contributed by atoms with Crippen LogP contribution in [-0.4, -0.2) is 14.2 Å². The first-order valence-corrected chi connectivity index (χ1v) is 39.6. The van der Waals surface area contributed by atoms with Crippen LogP contribution in [0.5, 0.6) is 11.5 Å². The van der Waals surface area contributed by atoms with Gasteiger partial charge in [-0.15, -0.1) is 0 Å². The average molecular weight is 1410 g/mol. The molecule has 12 aromatic rings. The van der Waals surface area contributed by atoms with Gasteiger partial charge < -0.3 is 4.74 Å². The highest BCUT2D eigenvalue weighted by atomic mass is 32.2. The van der Waals surface area contributed by atoms with Crippen LogP contribution in [0.4, 0.5) is 0 Å². The molecular weight excluding hydrogens is 1270 g/mol. The summed E-state index contributed by atoms with van der Waals surface area (Å²) in [5.74, 6) is 1.81. The lowest BCUT2D eigenvalue weighted by Gasteiger charge is -2.03. The first-order valence-electron chi connectivity index (χ1n) is 38.1. The van der Waals surface area contributed by atoms with Gasteiger partial charge in [0.05, 0.1) is 9.79 Å². The lowest BCUT2D eigenvalue weighted by atomic mass is 10.0. The van der Waals surface area contributed by atoms with Gasteiger partial charge in [-0.25, -0.2) is 8.42 Å². The van der Waals surface area contributed by atoms with Crippen LogP contribution in [0.2, 0.25) is 0 Å².